The van der Waals surface area contributed by atoms with Crippen molar-refractivity contribution >= 4 is 17.2 Å². The van der Waals surface area contributed by atoms with Crippen LogP contribution in [0.3, 0.4) is 0 Å². The van der Waals surface area contributed by atoms with Crippen LogP contribution in [-0.4, -0.2) is 39.8 Å². The predicted octanol–water partition coefficient (Wildman–Crippen LogP) is 2.62. The molecular weight excluding hydrogens is 353 g/mol. The number of halogens is 1. The molecule has 0 atom stereocenters. The van der Waals surface area contributed by atoms with E-state index < -0.39 is 0 Å². The highest BCUT2D eigenvalue weighted by atomic mass is 32.1. The maximum atomic E-state index is 13.3. The quantitative estimate of drug-likeness (QED) is 0.740. The number of piperidine rings is 1. The second kappa shape index (κ2) is 7.35. The zero-order valence-electron chi connectivity index (χ0n) is 14.0. The molecular formula is C18H18FN5OS. The van der Waals surface area contributed by atoms with Gasteiger partial charge in [-0.25, -0.2) is 14.1 Å². The summed E-state index contributed by atoms with van der Waals surface area (Å²) in [5, 5.41) is 12.6. The first-order chi connectivity index (χ1) is 12.7. The number of thiophene rings is 1. The first-order valence-corrected chi connectivity index (χ1v) is 9.37. The van der Waals surface area contributed by atoms with Crippen LogP contribution >= 0.6 is 11.3 Å². The van der Waals surface area contributed by atoms with Crippen LogP contribution in [0.4, 0.5) is 4.39 Å². The lowest BCUT2D eigenvalue weighted by Gasteiger charge is -2.22. The van der Waals surface area contributed by atoms with Crippen molar-refractivity contribution < 1.29 is 9.18 Å². The van der Waals surface area contributed by atoms with Crippen molar-refractivity contribution in [2.75, 3.05) is 13.1 Å². The van der Waals surface area contributed by atoms with E-state index in [4.69, 9.17) is 0 Å². The first-order valence-electron chi connectivity index (χ1n) is 8.49. The summed E-state index contributed by atoms with van der Waals surface area (Å²) in [7, 11) is 0. The fourth-order valence-electron chi connectivity index (χ4n) is 2.95. The van der Waals surface area contributed by atoms with Gasteiger partial charge in [0.05, 0.1) is 10.6 Å². The van der Waals surface area contributed by atoms with E-state index in [1.807, 2.05) is 17.5 Å². The van der Waals surface area contributed by atoms with E-state index >= 15 is 0 Å². The number of benzene rings is 1. The minimum Gasteiger partial charge on any atom is -0.346 e. The van der Waals surface area contributed by atoms with Gasteiger partial charge in [0.25, 0.3) is 5.91 Å². The van der Waals surface area contributed by atoms with Gasteiger partial charge in [0, 0.05) is 6.04 Å². The van der Waals surface area contributed by atoms with E-state index in [1.54, 1.807) is 16.8 Å². The molecule has 3 heterocycles. The summed E-state index contributed by atoms with van der Waals surface area (Å²) in [5.74, 6) is 0.0873. The highest BCUT2D eigenvalue weighted by Crippen LogP contribution is 2.25. The number of hydrogen-bond donors (Lipinski definition) is 2. The summed E-state index contributed by atoms with van der Waals surface area (Å²) >= 11 is 1.51. The van der Waals surface area contributed by atoms with Crippen molar-refractivity contribution in [3.8, 4) is 16.4 Å². The minimum atomic E-state index is -0.324. The van der Waals surface area contributed by atoms with Crippen LogP contribution in [0.2, 0.25) is 0 Å². The molecule has 0 saturated carbocycles. The molecule has 0 bridgehead atoms. The number of carbonyl (C=O) groups excluding carboxylic acids is 1. The molecule has 2 aromatic heterocycles. The average Bonchev–Trinajstić information content (AvgIpc) is 3.33. The molecule has 2 N–H and O–H groups in total. The standard InChI is InChI=1S/C18H18FN5OS/c19-12-3-5-14(6-4-12)24-17(15-2-1-11-26-15)22-16(23-24)18(25)21-13-7-9-20-10-8-13/h1-6,11,13,20H,7-10H2,(H,21,25). The van der Waals surface area contributed by atoms with E-state index in [9.17, 15) is 9.18 Å². The topological polar surface area (TPSA) is 71.8 Å². The Morgan fingerprint density at radius 2 is 2.00 bits per heavy atom. The van der Waals surface area contributed by atoms with Crippen LogP contribution in [0.25, 0.3) is 16.4 Å². The van der Waals surface area contributed by atoms with Crippen molar-refractivity contribution in [3.63, 3.8) is 0 Å². The molecule has 6 nitrogen and oxygen atoms in total. The Kier molecular flexibility index (Phi) is 4.77. The van der Waals surface area contributed by atoms with Crippen molar-refractivity contribution in [3.05, 3.63) is 53.4 Å². The molecule has 1 aliphatic rings. The number of nitrogens with zero attached hydrogens (tertiary/aromatic N) is 3. The van der Waals surface area contributed by atoms with Crippen LogP contribution < -0.4 is 10.6 Å². The van der Waals surface area contributed by atoms with Crippen LogP contribution in [0.15, 0.2) is 41.8 Å². The van der Waals surface area contributed by atoms with E-state index in [-0.39, 0.29) is 23.6 Å². The third-order valence-electron chi connectivity index (χ3n) is 4.30. The SMILES string of the molecule is O=C(NC1CCNCC1)c1nc(-c2cccs2)n(-c2ccc(F)cc2)n1. The van der Waals surface area contributed by atoms with Gasteiger partial charge < -0.3 is 10.6 Å². The number of hydrogen-bond acceptors (Lipinski definition) is 5. The lowest BCUT2D eigenvalue weighted by atomic mass is 10.1. The molecule has 8 heteroatoms. The predicted molar refractivity (Wildman–Crippen MR) is 98.0 cm³/mol. The number of carbonyl (C=O) groups is 1. The smallest absolute Gasteiger partial charge is 0.291 e. The molecule has 0 spiro atoms. The van der Waals surface area contributed by atoms with Crippen LogP contribution in [0.1, 0.15) is 23.5 Å². The fraction of sp³-hybridized carbons (Fsp3) is 0.278. The molecule has 134 valence electrons. The zero-order chi connectivity index (χ0) is 17.9. The molecule has 3 aromatic rings. The van der Waals surface area contributed by atoms with Gasteiger partial charge in [0.15, 0.2) is 5.82 Å². The lowest BCUT2D eigenvalue weighted by Crippen LogP contribution is -2.43. The Balaban J connectivity index is 1.66. The first kappa shape index (κ1) is 16.9. The van der Waals surface area contributed by atoms with Gasteiger partial charge in [-0.15, -0.1) is 16.4 Å². The molecule has 1 aliphatic heterocycles. The zero-order valence-corrected chi connectivity index (χ0v) is 14.8. The Hall–Kier alpha value is -2.58. The van der Waals surface area contributed by atoms with Gasteiger partial charge in [-0.1, -0.05) is 6.07 Å². The van der Waals surface area contributed by atoms with E-state index in [0.29, 0.717) is 11.5 Å². The van der Waals surface area contributed by atoms with Gasteiger partial charge in [-0.3, -0.25) is 4.79 Å². The largest absolute Gasteiger partial charge is 0.346 e. The summed E-state index contributed by atoms with van der Waals surface area (Å²) in [6.45, 7) is 1.78. The maximum Gasteiger partial charge on any atom is 0.291 e. The second-order valence-corrected chi connectivity index (χ2v) is 7.07. The Morgan fingerprint density at radius 3 is 2.69 bits per heavy atom. The Bertz CT molecular complexity index is 885. The third kappa shape index (κ3) is 3.51. The molecule has 0 radical (unpaired) electrons. The average molecular weight is 371 g/mol. The van der Waals surface area contributed by atoms with Crippen molar-refractivity contribution in [1.82, 2.24) is 25.4 Å². The molecule has 1 saturated heterocycles. The van der Waals surface area contributed by atoms with Crippen molar-refractivity contribution in [2.24, 2.45) is 0 Å². The normalized spacial score (nSPS) is 15.1. The summed E-state index contributed by atoms with van der Waals surface area (Å²) in [4.78, 5) is 18.0. The molecule has 1 fully saturated rings. The third-order valence-corrected chi connectivity index (χ3v) is 5.16. The van der Waals surface area contributed by atoms with Crippen LogP contribution in [0.5, 0.6) is 0 Å². The summed E-state index contributed by atoms with van der Waals surface area (Å²) in [6, 6.07) is 9.94. The minimum absolute atomic E-state index is 0.122. The molecule has 1 aromatic carbocycles. The Morgan fingerprint density at radius 1 is 1.23 bits per heavy atom. The van der Waals surface area contributed by atoms with Crippen molar-refractivity contribution in [2.45, 2.75) is 18.9 Å². The van der Waals surface area contributed by atoms with Crippen LogP contribution in [0, 0.1) is 5.82 Å². The highest BCUT2D eigenvalue weighted by molar-refractivity contribution is 7.13. The second-order valence-electron chi connectivity index (χ2n) is 6.12. The molecule has 26 heavy (non-hydrogen) atoms. The van der Waals surface area contributed by atoms with E-state index in [1.165, 1.54) is 23.5 Å². The molecule has 1 amide bonds. The van der Waals surface area contributed by atoms with E-state index in [2.05, 4.69) is 20.7 Å². The summed E-state index contributed by atoms with van der Waals surface area (Å²) < 4.78 is 14.8. The molecule has 4 rings (SSSR count). The molecule has 0 aliphatic carbocycles. The number of nitrogens with one attached hydrogen (secondary N) is 2. The Labute approximate surface area is 154 Å². The summed E-state index contributed by atoms with van der Waals surface area (Å²) in [5.41, 5.74) is 0.656. The number of aromatic nitrogens is 3. The van der Waals surface area contributed by atoms with Crippen molar-refractivity contribution in [1.29, 1.82) is 0 Å². The number of amides is 1. The van der Waals surface area contributed by atoms with Gasteiger partial charge in [0.1, 0.15) is 5.82 Å². The van der Waals surface area contributed by atoms with Gasteiger partial charge in [0.2, 0.25) is 5.82 Å². The monoisotopic (exact) mass is 371 g/mol. The summed E-state index contributed by atoms with van der Waals surface area (Å²) in [6.07, 6.45) is 1.78. The fourth-order valence-corrected chi connectivity index (χ4v) is 3.65. The maximum absolute atomic E-state index is 13.3. The van der Waals surface area contributed by atoms with Crippen LogP contribution in [-0.2, 0) is 0 Å². The van der Waals surface area contributed by atoms with Gasteiger partial charge in [-0.2, -0.15) is 0 Å². The molecule has 0 unspecified atom stereocenters. The van der Waals surface area contributed by atoms with Gasteiger partial charge >= 0.3 is 0 Å². The highest BCUT2D eigenvalue weighted by Gasteiger charge is 2.22. The number of rotatable bonds is 4. The van der Waals surface area contributed by atoms with Gasteiger partial charge in [-0.05, 0) is 61.6 Å². The van der Waals surface area contributed by atoms with E-state index in [0.717, 1.165) is 30.8 Å². The lowest BCUT2D eigenvalue weighted by molar-refractivity contribution is 0.0919.